The van der Waals surface area contributed by atoms with Crippen LogP contribution in [-0.2, 0) is 6.42 Å². The molecule has 20 heavy (non-hydrogen) atoms. The highest BCUT2D eigenvalue weighted by atomic mass is 16.5. The van der Waals surface area contributed by atoms with Gasteiger partial charge in [-0.2, -0.15) is 0 Å². The Labute approximate surface area is 120 Å². The Morgan fingerprint density at radius 1 is 1.00 bits per heavy atom. The van der Waals surface area contributed by atoms with Gasteiger partial charge in [-0.15, -0.1) is 0 Å². The molecule has 0 aliphatic carbocycles. The summed E-state index contributed by atoms with van der Waals surface area (Å²) in [6.07, 6.45) is 0.814. The zero-order valence-electron chi connectivity index (χ0n) is 12.1. The number of hydrogen-bond acceptors (Lipinski definition) is 3. The van der Waals surface area contributed by atoms with E-state index in [-0.39, 0.29) is 0 Å². The van der Waals surface area contributed by atoms with Crippen molar-refractivity contribution in [2.75, 3.05) is 13.2 Å². The molecular formula is C17H21NO2. The first-order chi connectivity index (χ1) is 9.72. The van der Waals surface area contributed by atoms with Gasteiger partial charge in [-0.3, -0.25) is 0 Å². The molecule has 0 aliphatic heterocycles. The fourth-order valence-electron chi connectivity index (χ4n) is 2.06. The van der Waals surface area contributed by atoms with Crippen molar-refractivity contribution in [2.24, 2.45) is 5.73 Å². The van der Waals surface area contributed by atoms with Crippen LogP contribution in [0.1, 0.15) is 18.1 Å². The van der Waals surface area contributed by atoms with Crippen molar-refractivity contribution < 1.29 is 9.47 Å². The second kappa shape index (κ2) is 6.96. The van der Waals surface area contributed by atoms with E-state index in [4.69, 9.17) is 15.2 Å². The lowest BCUT2D eigenvalue weighted by molar-refractivity contribution is 0.339. The van der Waals surface area contributed by atoms with Crippen molar-refractivity contribution in [3.05, 3.63) is 53.6 Å². The summed E-state index contributed by atoms with van der Waals surface area (Å²) in [5, 5.41) is 0. The van der Waals surface area contributed by atoms with Gasteiger partial charge in [-0.1, -0.05) is 17.7 Å². The maximum absolute atomic E-state index is 5.94. The van der Waals surface area contributed by atoms with Gasteiger partial charge in [0, 0.05) is 0 Å². The van der Waals surface area contributed by atoms with Crippen molar-refractivity contribution >= 4 is 0 Å². The number of rotatable bonds is 6. The summed E-state index contributed by atoms with van der Waals surface area (Å²) >= 11 is 0. The molecule has 0 amide bonds. The van der Waals surface area contributed by atoms with Gasteiger partial charge in [0.15, 0.2) is 0 Å². The van der Waals surface area contributed by atoms with Gasteiger partial charge in [0.25, 0.3) is 0 Å². The van der Waals surface area contributed by atoms with E-state index in [1.54, 1.807) is 0 Å². The van der Waals surface area contributed by atoms with Gasteiger partial charge in [0.1, 0.15) is 17.2 Å². The summed E-state index contributed by atoms with van der Waals surface area (Å²) < 4.78 is 11.4. The van der Waals surface area contributed by atoms with Gasteiger partial charge < -0.3 is 15.2 Å². The first kappa shape index (κ1) is 14.4. The Morgan fingerprint density at radius 3 is 2.35 bits per heavy atom. The van der Waals surface area contributed by atoms with Crippen LogP contribution in [0.3, 0.4) is 0 Å². The van der Waals surface area contributed by atoms with Gasteiger partial charge in [-0.05, 0) is 62.7 Å². The van der Waals surface area contributed by atoms with Crippen LogP contribution in [0.4, 0.5) is 0 Å². The maximum Gasteiger partial charge on any atom is 0.130 e. The van der Waals surface area contributed by atoms with Crippen molar-refractivity contribution in [2.45, 2.75) is 20.3 Å². The number of nitrogens with two attached hydrogens (primary N) is 1. The normalized spacial score (nSPS) is 10.3. The molecule has 0 spiro atoms. The Morgan fingerprint density at radius 2 is 1.70 bits per heavy atom. The molecule has 2 N–H and O–H groups in total. The molecule has 3 nitrogen and oxygen atoms in total. The lowest BCUT2D eigenvalue weighted by Crippen LogP contribution is -2.04. The monoisotopic (exact) mass is 271 g/mol. The quantitative estimate of drug-likeness (QED) is 0.871. The predicted molar refractivity (Wildman–Crippen MR) is 81.6 cm³/mol. The molecule has 0 saturated carbocycles. The van der Waals surface area contributed by atoms with E-state index >= 15 is 0 Å². The highest BCUT2D eigenvalue weighted by Crippen LogP contribution is 2.28. The average molecular weight is 271 g/mol. The standard InChI is InChI=1S/C17H21NO2/c1-3-19-15-5-7-16(8-6-15)20-17-9-4-13(2)12-14(17)10-11-18/h4-9,12H,3,10-11,18H2,1-2H3. The smallest absolute Gasteiger partial charge is 0.130 e. The average Bonchev–Trinajstić information content (AvgIpc) is 2.44. The summed E-state index contributed by atoms with van der Waals surface area (Å²) in [7, 11) is 0. The molecule has 0 unspecified atom stereocenters. The van der Waals surface area contributed by atoms with Crippen LogP contribution in [0.2, 0.25) is 0 Å². The van der Waals surface area contributed by atoms with Gasteiger partial charge in [-0.25, -0.2) is 0 Å². The largest absolute Gasteiger partial charge is 0.494 e. The minimum Gasteiger partial charge on any atom is -0.494 e. The van der Waals surface area contributed by atoms with Crippen LogP contribution in [-0.4, -0.2) is 13.2 Å². The van der Waals surface area contributed by atoms with Gasteiger partial charge >= 0.3 is 0 Å². The Bertz CT molecular complexity index is 549. The molecule has 3 heteroatoms. The summed E-state index contributed by atoms with van der Waals surface area (Å²) in [6, 6.07) is 13.8. The molecule has 0 bridgehead atoms. The van der Waals surface area contributed by atoms with E-state index in [1.165, 1.54) is 5.56 Å². The molecule has 2 rings (SSSR count). The molecule has 0 heterocycles. The van der Waals surface area contributed by atoms with Gasteiger partial charge in [0.05, 0.1) is 6.61 Å². The Balaban J connectivity index is 2.16. The van der Waals surface area contributed by atoms with Crippen LogP contribution < -0.4 is 15.2 Å². The molecule has 0 saturated heterocycles. The molecule has 0 fully saturated rings. The van der Waals surface area contributed by atoms with Crippen LogP contribution >= 0.6 is 0 Å². The fraction of sp³-hybridized carbons (Fsp3) is 0.294. The zero-order valence-corrected chi connectivity index (χ0v) is 12.1. The molecule has 2 aromatic carbocycles. The first-order valence-electron chi connectivity index (χ1n) is 6.93. The Kier molecular flexibility index (Phi) is 5.02. The Hall–Kier alpha value is -2.00. The minimum atomic E-state index is 0.614. The predicted octanol–water partition coefficient (Wildman–Crippen LogP) is 3.69. The molecule has 2 aromatic rings. The number of ether oxygens (including phenoxy) is 2. The zero-order chi connectivity index (χ0) is 14.4. The maximum atomic E-state index is 5.94. The fourth-order valence-corrected chi connectivity index (χ4v) is 2.06. The second-order valence-electron chi connectivity index (χ2n) is 4.66. The van der Waals surface area contributed by atoms with Crippen LogP contribution in [0.25, 0.3) is 0 Å². The van der Waals surface area contributed by atoms with Crippen LogP contribution in [0.15, 0.2) is 42.5 Å². The van der Waals surface area contributed by atoms with Crippen LogP contribution in [0, 0.1) is 6.92 Å². The van der Waals surface area contributed by atoms with Crippen molar-refractivity contribution in [3.8, 4) is 17.2 Å². The van der Waals surface area contributed by atoms with E-state index in [9.17, 15) is 0 Å². The second-order valence-corrected chi connectivity index (χ2v) is 4.66. The van der Waals surface area contributed by atoms with Crippen molar-refractivity contribution in [3.63, 3.8) is 0 Å². The minimum absolute atomic E-state index is 0.614. The van der Waals surface area contributed by atoms with Crippen molar-refractivity contribution in [1.82, 2.24) is 0 Å². The number of benzene rings is 2. The number of aryl methyl sites for hydroxylation is 1. The molecule has 0 aromatic heterocycles. The van der Waals surface area contributed by atoms with Crippen LogP contribution in [0.5, 0.6) is 17.2 Å². The third-order valence-corrected chi connectivity index (χ3v) is 2.99. The summed E-state index contributed by atoms with van der Waals surface area (Å²) in [6.45, 7) is 5.32. The summed E-state index contributed by atoms with van der Waals surface area (Å²) in [5.41, 5.74) is 8.01. The van der Waals surface area contributed by atoms with E-state index < -0.39 is 0 Å². The summed E-state index contributed by atoms with van der Waals surface area (Å²) in [5.74, 6) is 2.52. The molecule has 106 valence electrons. The summed E-state index contributed by atoms with van der Waals surface area (Å²) in [4.78, 5) is 0. The topological polar surface area (TPSA) is 44.5 Å². The number of hydrogen-bond donors (Lipinski definition) is 1. The highest BCUT2D eigenvalue weighted by molar-refractivity contribution is 5.41. The lowest BCUT2D eigenvalue weighted by atomic mass is 10.1. The van der Waals surface area contributed by atoms with E-state index in [0.29, 0.717) is 13.2 Å². The van der Waals surface area contributed by atoms with E-state index in [2.05, 4.69) is 13.0 Å². The lowest BCUT2D eigenvalue weighted by Gasteiger charge is -2.12. The molecule has 0 atom stereocenters. The molecular weight excluding hydrogens is 250 g/mol. The highest BCUT2D eigenvalue weighted by Gasteiger charge is 2.05. The third-order valence-electron chi connectivity index (χ3n) is 2.99. The molecule has 0 aliphatic rings. The van der Waals surface area contributed by atoms with Crippen molar-refractivity contribution in [1.29, 1.82) is 0 Å². The SMILES string of the molecule is CCOc1ccc(Oc2ccc(C)cc2CCN)cc1. The first-order valence-corrected chi connectivity index (χ1v) is 6.93. The molecule has 0 radical (unpaired) electrons. The van der Waals surface area contributed by atoms with E-state index in [0.717, 1.165) is 29.2 Å². The van der Waals surface area contributed by atoms with Gasteiger partial charge in [0.2, 0.25) is 0 Å². The third kappa shape index (κ3) is 3.75. The van der Waals surface area contributed by atoms with E-state index in [1.807, 2.05) is 43.3 Å².